The van der Waals surface area contributed by atoms with E-state index in [2.05, 4.69) is 27.8 Å². The number of ether oxygens (including phenoxy) is 4. The topological polar surface area (TPSA) is 110 Å². The lowest BCUT2D eigenvalue weighted by Gasteiger charge is -2.28. The van der Waals surface area contributed by atoms with Crippen LogP contribution in [-0.4, -0.2) is 54.1 Å². The first kappa shape index (κ1) is 24.3. The number of methoxy groups -OCH3 is 3. The fourth-order valence-electron chi connectivity index (χ4n) is 3.96. The molecule has 0 unspecified atom stereocenters. The lowest BCUT2D eigenvalue weighted by Crippen LogP contribution is -2.30. The molecule has 0 radical (unpaired) electrons. The number of unbranched alkanes of at least 4 members (excludes halogenated alkanes) is 5. The van der Waals surface area contributed by atoms with Gasteiger partial charge in [-0.15, -0.1) is 0 Å². The third kappa shape index (κ3) is 5.37. The van der Waals surface area contributed by atoms with Crippen molar-refractivity contribution in [2.75, 3.05) is 33.3 Å². The smallest absolute Gasteiger partial charge is 0.338 e. The van der Waals surface area contributed by atoms with Gasteiger partial charge in [-0.1, -0.05) is 44.1 Å². The van der Waals surface area contributed by atoms with E-state index in [0.717, 1.165) is 19.3 Å². The average molecular weight is 460 g/mol. The van der Waals surface area contributed by atoms with Gasteiger partial charge in [-0.05, 0) is 29.8 Å². The molecule has 0 saturated carbocycles. The number of tetrazole rings is 1. The second kappa shape index (κ2) is 11.5. The second-order valence-corrected chi connectivity index (χ2v) is 7.87. The fourth-order valence-corrected chi connectivity index (χ4v) is 3.96. The maximum Gasteiger partial charge on any atom is 0.338 e. The molecule has 1 aliphatic rings. The molecule has 1 aliphatic heterocycles. The molecule has 0 saturated heterocycles. The standard InChI is InChI=1S/C23H33N5O5/c1-6-7-8-9-10-11-12-33-22(29)20-15(2)24-23-25-26-27-28(23)21(20)16-13-18(31-4)19(32-5)14-17(16)30-3/h13-14,21H,6-12H2,1-5H3,(H,24,25,27)/t21-/m0/s1. The summed E-state index contributed by atoms with van der Waals surface area (Å²) in [4.78, 5) is 13.2. The molecule has 10 heteroatoms. The van der Waals surface area contributed by atoms with E-state index < -0.39 is 12.0 Å². The third-order valence-corrected chi connectivity index (χ3v) is 5.70. The van der Waals surface area contributed by atoms with E-state index in [9.17, 15) is 4.79 Å². The van der Waals surface area contributed by atoms with Gasteiger partial charge in [-0.2, -0.15) is 4.68 Å². The maximum atomic E-state index is 13.2. The highest BCUT2D eigenvalue weighted by molar-refractivity contribution is 5.92. The molecule has 0 aliphatic carbocycles. The summed E-state index contributed by atoms with van der Waals surface area (Å²) in [6.07, 6.45) is 6.66. The zero-order valence-corrected chi connectivity index (χ0v) is 20.0. The molecule has 180 valence electrons. The summed E-state index contributed by atoms with van der Waals surface area (Å²) >= 11 is 0. The number of carbonyl (C=O) groups is 1. The summed E-state index contributed by atoms with van der Waals surface area (Å²) in [6.45, 7) is 4.36. The van der Waals surface area contributed by atoms with Crippen LogP contribution in [-0.2, 0) is 9.53 Å². The van der Waals surface area contributed by atoms with Crippen molar-refractivity contribution in [3.63, 3.8) is 0 Å². The quantitative estimate of drug-likeness (QED) is 0.373. The van der Waals surface area contributed by atoms with Crippen molar-refractivity contribution < 1.29 is 23.7 Å². The minimum Gasteiger partial charge on any atom is -0.496 e. The van der Waals surface area contributed by atoms with Crippen molar-refractivity contribution in [3.8, 4) is 17.2 Å². The van der Waals surface area contributed by atoms with Crippen LogP contribution in [0.25, 0.3) is 0 Å². The van der Waals surface area contributed by atoms with E-state index in [1.54, 1.807) is 40.4 Å². The van der Waals surface area contributed by atoms with E-state index in [1.807, 2.05) is 0 Å². The van der Waals surface area contributed by atoms with Crippen LogP contribution in [0.4, 0.5) is 5.95 Å². The highest BCUT2D eigenvalue weighted by atomic mass is 16.5. The number of allylic oxidation sites excluding steroid dienone is 1. The van der Waals surface area contributed by atoms with E-state index in [1.165, 1.54) is 23.9 Å². The van der Waals surface area contributed by atoms with Crippen LogP contribution >= 0.6 is 0 Å². The highest BCUT2D eigenvalue weighted by Gasteiger charge is 2.37. The first-order valence-corrected chi connectivity index (χ1v) is 11.3. The number of aromatic nitrogens is 4. The van der Waals surface area contributed by atoms with Gasteiger partial charge in [0.05, 0.1) is 33.5 Å². The monoisotopic (exact) mass is 459 g/mol. The average Bonchev–Trinajstić information content (AvgIpc) is 3.29. The summed E-state index contributed by atoms with van der Waals surface area (Å²) < 4.78 is 23.7. The summed E-state index contributed by atoms with van der Waals surface area (Å²) in [7, 11) is 4.66. The Morgan fingerprint density at radius 2 is 1.67 bits per heavy atom. The molecular weight excluding hydrogens is 426 g/mol. The number of benzene rings is 1. The Labute approximate surface area is 194 Å². The Kier molecular flexibility index (Phi) is 8.51. The molecule has 0 amide bonds. The number of rotatable bonds is 12. The molecule has 2 aromatic rings. The minimum absolute atomic E-state index is 0.361. The van der Waals surface area contributed by atoms with Crippen molar-refractivity contribution >= 4 is 11.9 Å². The van der Waals surface area contributed by atoms with Gasteiger partial charge in [0.15, 0.2) is 11.5 Å². The summed E-state index contributed by atoms with van der Waals surface area (Å²) in [5.41, 5.74) is 1.68. The van der Waals surface area contributed by atoms with Crippen LogP contribution in [0.15, 0.2) is 23.4 Å². The predicted octanol–water partition coefficient (Wildman–Crippen LogP) is 3.89. The van der Waals surface area contributed by atoms with Crippen LogP contribution in [0, 0.1) is 0 Å². The van der Waals surface area contributed by atoms with E-state index >= 15 is 0 Å². The SMILES string of the molecule is CCCCCCCCOC(=O)C1=C(C)Nc2nnnn2[C@H]1c1cc(OC)c(OC)cc1OC. The molecule has 1 aromatic heterocycles. The molecule has 0 fully saturated rings. The normalized spacial score (nSPS) is 15.0. The van der Waals surface area contributed by atoms with Crippen LogP contribution < -0.4 is 19.5 Å². The third-order valence-electron chi connectivity index (χ3n) is 5.70. The summed E-state index contributed by atoms with van der Waals surface area (Å²) in [5, 5.41) is 15.0. The summed E-state index contributed by atoms with van der Waals surface area (Å²) in [6, 6.07) is 2.82. The molecule has 1 N–H and O–H groups in total. The van der Waals surface area contributed by atoms with Gasteiger partial charge in [0.25, 0.3) is 0 Å². The Hall–Kier alpha value is -3.30. The minimum atomic E-state index is -0.664. The lowest BCUT2D eigenvalue weighted by molar-refractivity contribution is -0.139. The van der Waals surface area contributed by atoms with Crippen molar-refractivity contribution in [1.29, 1.82) is 0 Å². The number of carbonyl (C=O) groups excluding carboxylic acids is 1. The fraction of sp³-hybridized carbons (Fsp3) is 0.565. The molecule has 3 rings (SSSR count). The Morgan fingerprint density at radius 1 is 1.00 bits per heavy atom. The number of esters is 1. The van der Waals surface area contributed by atoms with Crippen LogP contribution in [0.1, 0.15) is 64.0 Å². The number of hydrogen-bond donors (Lipinski definition) is 1. The molecular formula is C23H33N5O5. The van der Waals surface area contributed by atoms with E-state index in [-0.39, 0.29) is 0 Å². The van der Waals surface area contributed by atoms with Crippen molar-refractivity contribution in [2.24, 2.45) is 0 Å². The van der Waals surface area contributed by atoms with Crippen LogP contribution in [0.3, 0.4) is 0 Å². The number of fused-ring (bicyclic) bond motifs is 1. The molecule has 10 nitrogen and oxygen atoms in total. The van der Waals surface area contributed by atoms with Crippen molar-refractivity contribution in [2.45, 2.75) is 58.4 Å². The van der Waals surface area contributed by atoms with Gasteiger partial charge in [0.1, 0.15) is 11.8 Å². The maximum absolute atomic E-state index is 13.2. The largest absolute Gasteiger partial charge is 0.496 e. The molecule has 0 bridgehead atoms. The zero-order chi connectivity index (χ0) is 23.8. The Morgan fingerprint density at radius 3 is 2.36 bits per heavy atom. The number of nitrogens with zero attached hydrogens (tertiary/aromatic N) is 4. The number of hydrogen-bond acceptors (Lipinski definition) is 9. The van der Waals surface area contributed by atoms with Gasteiger partial charge in [0, 0.05) is 17.3 Å². The first-order valence-electron chi connectivity index (χ1n) is 11.3. The molecule has 1 atom stereocenters. The van der Waals surface area contributed by atoms with E-state index in [0.29, 0.717) is 46.6 Å². The Bertz CT molecular complexity index is 988. The molecule has 1 aromatic carbocycles. The van der Waals surface area contributed by atoms with Gasteiger partial charge in [-0.3, -0.25) is 0 Å². The lowest BCUT2D eigenvalue weighted by atomic mass is 9.94. The predicted molar refractivity (Wildman–Crippen MR) is 123 cm³/mol. The summed E-state index contributed by atoms with van der Waals surface area (Å²) in [5.74, 6) is 1.52. The van der Waals surface area contributed by atoms with Crippen molar-refractivity contribution in [1.82, 2.24) is 20.2 Å². The van der Waals surface area contributed by atoms with Gasteiger partial charge < -0.3 is 24.3 Å². The van der Waals surface area contributed by atoms with Gasteiger partial charge in [-0.25, -0.2) is 4.79 Å². The van der Waals surface area contributed by atoms with Gasteiger partial charge in [0.2, 0.25) is 5.95 Å². The van der Waals surface area contributed by atoms with Crippen LogP contribution in [0.2, 0.25) is 0 Å². The Balaban J connectivity index is 1.90. The molecule has 33 heavy (non-hydrogen) atoms. The van der Waals surface area contributed by atoms with Crippen LogP contribution in [0.5, 0.6) is 17.2 Å². The first-order chi connectivity index (χ1) is 16.0. The van der Waals surface area contributed by atoms with Crippen molar-refractivity contribution in [3.05, 3.63) is 29.0 Å². The second-order valence-electron chi connectivity index (χ2n) is 7.87. The highest BCUT2D eigenvalue weighted by Crippen LogP contribution is 2.43. The van der Waals surface area contributed by atoms with E-state index in [4.69, 9.17) is 18.9 Å². The zero-order valence-electron chi connectivity index (χ0n) is 20.0. The molecule has 0 spiro atoms. The number of anilines is 1. The van der Waals surface area contributed by atoms with Gasteiger partial charge >= 0.3 is 5.97 Å². The molecule has 2 heterocycles. The number of nitrogens with one attached hydrogen (secondary N) is 1.